The number of methoxy groups -OCH3 is 1. The zero-order chi connectivity index (χ0) is 15.8. The standard InChI is InChI=1S/C17H18N4O2/c1-23-13-5-2-11(3-6-13)20-17(22)21-12-4-7-16(21)14-9-18-10-19-15(14)8-12/h2-3,5-6,9-10,12,16H,4,7-8H2,1H3,(H,20,22). The lowest BCUT2D eigenvalue weighted by Gasteiger charge is -2.35. The predicted molar refractivity (Wildman–Crippen MR) is 85.4 cm³/mol. The lowest BCUT2D eigenvalue weighted by Crippen LogP contribution is -2.44. The molecule has 1 aromatic carbocycles. The van der Waals surface area contributed by atoms with Crippen LogP contribution in [0.25, 0.3) is 0 Å². The van der Waals surface area contributed by atoms with Crippen molar-refractivity contribution in [3.8, 4) is 5.75 Å². The summed E-state index contributed by atoms with van der Waals surface area (Å²) in [7, 11) is 1.62. The molecule has 118 valence electrons. The van der Waals surface area contributed by atoms with E-state index in [-0.39, 0.29) is 18.1 Å². The minimum atomic E-state index is -0.0582. The fraction of sp³-hybridized carbons (Fsp3) is 0.353. The van der Waals surface area contributed by atoms with Crippen LogP contribution in [0.2, 0.25) is 0 Å². The second-order valence-corrected chi connectivity index (χ2v) is 5.94. The number of ether oxygens (including phenoxy) is 1. The van der Waals surface area contributed by atoms with Gasteiger partial charge in [0.25, 0.3) is 0 Å². The third kappa shape index (κ3) is 2.40. The van der Waals surface area contributed by atoms with Gasteiger partial charge < -0.3 is 15.0 Å². The first-order chi connectivity index (χ1) is 11.3. The smallest absolute Gasteiger partial charge is 0.322 e. The van der Waals surface area contributed by atoms with Gasteiger partial charge >= 0.3 is 6.03 Å². The maximum absolute atomic E-state index is 12.7. The highest BCUT2D eigenvalue weighted by molar-refractivity contribution is 5.90. The van der Waals surface area contributed by atoms with E-state index in [9.17, 15) is 4.79 Å². The zero-order valence-electron chi connectivity index (χ0n) is 12.9. The Morgan fingerprint density at radius 3 is 2.91 bits per heavy atom. The van der Waals surface area contributed by atoms with Gasteiger partial charge in [0.2, 0.25) is 0 Å². The second-order valence-electron chi connectivity index (χ2n) is 5.94. The lowest BCUT2D eigenvalue weighted by atomic mass is 10.00. The fourth-order valence-corrected chi connectivity index (χ4v) is 3.60. The van der Waals surface area contributed by atoms with Crippen LogP contribution in [0.15, 0.2) is 36.8 Å². The molecular formula is C17H18N4O2. The SMILES string of the molecule is COc1ccc(NC(=O)N2C3CCC2c2cncnc2C3)cc1. The van der Waals surface area contributed by atoms with Gasteiger partial charge in [0.05, 0.1) is 18.8 Å². The highest BCUT2D eigenvalue weighted by atomic mass is 16.5. The van der Waals surface area contributed by atoms with Crippen LogP contribution in [-0.4, -0.2) is 34.1 Å². The number of hydrogen-bond acceptors (Lipinski definition) is 4. The summed E-state index contributed by atoms with van der Waals surface area (Å²) in [6.45, 7) is 0. The molecule has 0 aliphatic carbocycles. The Balaban J connectivity index is 1.55. The topological polar surface area (TPSA) is 67.3 Å². The summed E-state index contributed by atoms with van der Waals surface area (Å²) in [6, 6.07) is 7.62. The van der Waals surface area contributed by atoms with E-state index in [1.807, 2.05) is 35.4 Å². The molecule has 0 saturated carbocycles. The van der Waals surface area contributed by atoms with E-state index >= 15 is 0 Å². The van der Waals surface area contributed by atoms with Crippen molar-refractivity contribution in [1.82, 2.24) is 14.9 Å². The molecule has 0 spiro atoms. The highest BCUT2D eigenvalue weighted by Crippen LogP contribution is 2.42. The minimum absolute atomic E-state index is 0.0582. The van der Waals surface area contributed by atoms with Gasteiger partial charge in [-0.05, 0) is 37.1 Å². The molecule has 2 aromatic rings. The van der Waals surface area contributed by atoms with Crippen molar-refractivity contribution in [3.63, 3.8) is 0 Å². The van der Waals surface area contributed by atoms with Gasteiger partial charge in [0.1, 0.15) is 12.1 Å². The summed E-state index contributed by atoms with van der Waals surface area (Å²) < 4.78 is 5.14. The van der Waals surface area contributed by atoms with E-state index in [2.05, 4.69) is 15.3 Å². The molecule has 3 heterocycles. The Morgan fingerprint density at radius 2 is 2.13 bits per heavy atom. The van der Waals surface area contributed by atoms with Crippen LogP contribution in [0.4, 0.5) is 10.5 Å². The number of rotatable bonds is 2. The van der Waals surface area contributed by atoms with Crippen molar-refractivity contribution < 1.29 is 9.53 Å². The molecule has 4 rings (SSSR count). The molecule has 23 heavy (non-hydrogen) atoms. The Labute approximate surface area is 134 Å². The minimum Gasteiger partial charge on any atom is -0.497 e. The van der Waals surface area contributed by atoms with Crippen molar-refractivity contribution in [2.24, 2.45) is 0 Å². The quantitative estimate of drug-likeness (QED) is 0.926. The molecule has 2 aliphatic heterocycles. The molecule has 1 N–H and O–H groups in total. The maximum Gasteiger partial charge on any atom is 0.322 e. The van der Waals surface area contributed by atoms with Gasteiger partial charge in [-0.1, -0.05) is 0 Å². The van der Waals surface area contributed by atoms with Crippen molar-refractivity contribution in [2.75, 3.05) is 12.4 Å². The number of fused-ring (bicyclic) bond motifs is 4. The van der Waals surface area contributed by atoms with Gasteiger partial charge in [-0.25, -0.2) is 14.8 Å². The van der Waals surface area contributed by atoms with Crippen LogP contribution in [-0.2, 0) is 6.42 Å². The Bertz CT molecular complexity index is 732. The first kappa shape index (κ1) is 14.0. The monoisotopic (exact) mass is 310 g/mol. The van der Waals surface area contributed by atoms with E-state index in [0.29, 0.717) is 0 Å². The van der Waals surface area contributed by atoms with E-state index < -0.39 is 0 Å². The molecule has 2 bridgehead atoms. The first-order valence-corrected chi connectivity index (χ1v) is 7.78. The summed E-state index contributed by atoms with van der Waals surface area (Å²) in [4.78, 5) is 23.2. The van der Waals surface area contributed by atoms with Gasteiger partial charge in [-0.15, -0.1) is 0 Å². The second kappa shape index (κ2) is 5.53. The van der Waals surface area contributed by atoms with E-state index in [4.69, 9.17) is 4.74 Å². The molecule has 0 radical (unpaired) electrons. The zero-order valence-corrected chi connectivity index (χ0v) is 12.9. The van der Waals surface area contributed by atoms with E-state index in [0.717, 1.165) is 42.0 Å². The number of aromatic nitrogens is 2. The fourth-order valence-electron chi connectivity index (χ4n) is 3.60. The average Bonchev–Trinajstić information content (AvgIpc) is 2.91. The van der Waals surface area contributed by atoms with Gasteiger partial charge in [-0.3, -0.25) is 0 Å². The molecule has 2 aliphatic rings. The number of benzene rings is 1. The summed E-state index contributed by atoms with van der Waals surface area (Å²) >= 11 is 0. The largest absolute Gasteiger partial charge is 0.497 e. The molecule has 6 heteroatoms. The number of nitrogens with one attached hydrogen (secondary N) is 1. The summed E-state index contributed by atoms with van der Waals surface area (Å²) in [5, 5.41) is 2.99. The first-order valence-electron chi connectivity index (χ1n) is 7.78. The average molecular weight is 310 g/mol. The van der Waals surface area contributed by atoms with Crippen molar-refractivity contribution in [1.29, 1.82) is 0 Å². The van der Waals surface area contributed by atoms with E-state index in [1.165, 1.54) is 0 Å². The third-order valence-electron chi connectivity index (χ3n) is 4.69. The molecule has 1 aromatic heterocycles. The normalized spacial score (nSPS) is 21.7. The summed E-state index contributed by atoms with van der Waals surface area (Å²) in [5.41, 5.74) is 2.94. The molecule has 2 unspecified atom stereocenters. The lowest BCUT2D eigenvalue weighted by molar-refractivity contribution is 0.178. The van der Waals surface area contributed by atoms with Gasteiger partial charge in [-0.2, -0.15) is 0 Å². The van der Waals surface area contributed by atoms with Crippen molar-refractivity contribution in [2.45, 2.75) is 31.3 Å². The molecular weight excluding hydrogens is 292 g/mol. The Morgan fingerprint density at radius 1 is 1.30 bits per heavy atom. The van der Waals surface area contributed by atoms with Crippen molar-refractivity contribution in [3.05, 3.63) is 48.0 Å². The van der Waals surface area contributed by atoms with Crippen LogP contribution in [0, 0.1) is 0 Å². The number of hydrogen-bond donors (Lipinski definition) is 1. The number of amides is 2. The van der Waals surface area contributed by atoms with E-state index in [1.54, 1.807) is 13.4 Å². The number of nitrogens with zero attached hydrogens (tertiary/aromatic N) is 3. The van der Waals surface area contributed by atoms with Crippen LogP contribution in [0.5, 0.6) is 5.75 Å². The van der Waals surface area contributed by atoms with Crippen LogP contribution < -0.4 is 10.1 Å². The van der Waals surface area contributed by atoms with Crippen LogP contribution in [0.1, 0.15) is 30.1 Å². The summed E-state index contributed by atoms with van der Waals surface area (Å²) in [6.07, 6.45) is 6.23. The number of carbonyl (C=O) groups is 1. The molecule has 2 amide bonds. The third-order valence-corrected chi connectivity index (χ3v) is 4.69. The van der Waals surface area contributed by atoms with Gasteiger partial charge in [0.15, 0.2) is 0 Å². The molecule has 1 saturated heterocycles. The van der Waals surface area contributed by atoms with Crippen molar-refractivity contribution >= 4 is 11.7 Å². The molecule has 6 nitrogen and oxygen atoms in total. The molecule has 1 fully saturated rings. The predicted octanol–water partition coefficient (Wildman–Crippen LogP) is 2.78. The van der Waals surface area contributed by atoms with Crippen LogP contribution >= 0.6 is 0 Å². The van der Waals surface area contributed by atoms with Gasteiger partial charge in [0, 0.05) is 29.9 Å². The molecule has 2 atom stereocenters. The summed E-state index contributed by atoms with van der Waals surface area (Å²) in [5.74, 6) is 0.770. The number of urea groups is 1. The maximum atomic E-state index is 12.7. The number of carbonyl (C=O) groups excluding carboxylic acids is 1. The Hall–Kier alpha value is -2.63. The number of anilines is 1. The van der Waals surface area contributed by atoms with Crippen LogP contribution in [0.3, 0.4) is 0 Å². The highest BCUT2D eigenvalue weighted by Gasteiger charge is 2.43. The Kier molecular flexibility index (Phi) is 3.37.